The number of methoxy groups -OCH3 is 1. The minimum atomic E-state index is 0.400. The van der Waals surface area contributed by atoms with Gasteiger partial charge in [0.15, 0.2) is 0 Å². The van der Waals surface area contributed by atoms with Gasteiger partial charge in [0.1, 0.15) is 5.78 Å². The summed E-state index contributed by atoms with van der Waals surface area (Å²) in [6.45, 7) is 2.80. The summed E-state index contributed by atoms with van der Waals surface area (Å²) in [5, 5.41) is 0. The molecule has 0 fully saturated rings. The molecule has 0 spiro atoms. The molecular formula is C11H22O2. The van der Waals surface area contributed by atoms with Crippen LogP contribution in [0.4, 0.5) is 0 Å². The van der Waals surface area contributed by atoms with Crippen LogP contribution in [0.5, 0.6) is 0 Å². The molecule has 0 rings (SSSR count). The summed E-state index contributed by atoms with van der Waals surface area (Å²) in [7, 11) is 1.74. The molecule has 0 saturated carbocycles. The standard InChI is InChI=1S/C11H22O2/c1-3-11(12)9-7-5-4-6-8-10-13-2/h3-10H2,1-2H3. The van der Waals surface area contributed by atoms with Crippen LogP contribution in [-0.2, 0) is 9.53 Å². The van der Waals surface area contributed by atoms with Crippen LogP contribution in [0.2, 0.25) is 0 Å². The summed E-state index contributed by atoms with van der Waals surface area (Å²) >= 11 is 0. The van der Waals surface area contributed by atoms with Gasteiger partial charge in [-0.3, -0.25) is 4.79 Å². The molecule has 0 atom stereocenters. The van der Waals surface area contributed by atoms with Gasteiger partial charge < -0.3 is 4.74 Å². The number of unbranched alkanes of at least 4 members (excludes halogenated alkanes) is 4. The van der Waals surface area contributed by atoms with Crippen molar-refractivity contribution in [2.24, 2.45) is 0 Å². The first kappa shape index (κ1) is 12.6. The van der Waals surface area contributed by atoms with Gasteiger partial charge in [0.2, 0.25) is 0 Å². The average Bonchev–Trinajstić information content (AvgIpc) is 2.16. The third kappa shape index (κ3) is 9.54. The summed E-state index contributed by atoms with van der Waals surface area (Å²) < 4.78 is 4.95. The summed E-state index contributed by atoms with van der Waals surface area (Å²) in [5.41, 5.74) is 0. The molecule has 0 amide bonds. The Bertz CT molecular complexity index is 121. The lowest BCUT2D eigenvalue weighted by Crippen LogP contribution is -1.94. The Kier molecular flexibility index (Phi) is 9.44. The smallest absolute Gasteiger partial charge is 0.132 e. The maximum atomic E-state index is 10.9. The van der Waals surface area contributed by atoms with Crippen molar-refractivity contribution in [3.05, 3.63) is 0 Å². The maximum Gasteiger partial charge on any atom is 0.132 e. The predicted molar refractivity (Wildman–Crippen MR) is 54.9 cm³/mol. The van der Waals surface area contributed by atoms with Crippen molar-refractivity contribution in [2.45, 2.75) is 51.9 Å². The van der Waals surface area contributed by atoms with E-state index in [1.807, 2.05) is 6.92 Å². The molecule has 0 bridgehead atoms. The van der Waals surface area contributed by atoms with Crippen LogP contribution in [0.3, 0.4) is 0 Å². The molecule has 0 saturated heterocycles. The van der Waals surface area contributed by atoms with Gasteiger partial charge in [-0.1, -0.05) is 26.2 Å². The summed E-state index contributed by atoms with van der Waals surface area (Å²) in [6, 6.07) is 0. The highest BCUT2D eigenvalue weighted by molar-refractivity contribution is 5.77. The number of rotatable bonds is 9. The molecule has 0 N–H and O–H groups in total. The van der Waals surface area contributed by atoms with Crippen molar-refractivity contribution in [1.29, 1.82) is 0 Å². The van der Waals surface area contributed by atoms with E-state index in [0.29, 0.717) is 12.2 Å². The van der Waals surface area contributed by atoms with Crippen LogP contribution in [0, 0.1) is 0 Å². The number of ketones is 1. The molecule has 13 heavy (non-hydrogen) atoms. The summed E-state index contributed by atoms with van der Waals surface area (Å²) in [4.78, 5) is 10.9. The van der Waals surface area contributed by atoms with Crippen molar-refractivity contribution < 1.29 is 9.53 Å². The molecule has 0 aliphatic carbocycles. The van der Waals surface area contributed by atoms with E-state index in [2.05, 4.69) is 0 Å². The maximum absolute atomic E-state index is 10.9. The zero-order valence-corrected chi connectivity index (χ0v) is 8.97. The molecule has 78 valence electrons. The topological polar surface area (TPSA) is 26.3 Å². The third-order valence-electron chi connectivity index (χ3n) is 2.20. The van der Waals surface area contributed by atoms with Crippen molar-refractivity contribution >= 4 is 5.78 Å². The molecule has 0 aliphatic rings. The molecular weight excluding hydrogens is 164 g/mol. The molecule has 0 radical (unpaired) electrons. The van der Waals surface area contributed by atoms with Gasteiger partial charge >= 0.3 is 0 Å². The number of hydrogen-bond donors (Lipinski definition) is 0. The quantitative estimate of drug-likeness (QED) is 0.517. The first-order chi connectivity index (χ1) is 6.31. The van der Waals surface area contributed by atoms with Gasteiger partial charge in [-0.05, 0) is 12.8 Å². The van der Waals surface area contributed by atoms with Crippen molar-refractivity contribution in [3.8, 4) is 0 Å². The van der Waals surface area contributed by atoms with Crippen molar-refractivity contribution in [1.82, 2.24) is 0 Å². The van der Waals surface area contributed by atoms with Crippen LogP contribution in [0.25, 0.3) is 0 Å². The molecule has 0 aromatic rings. The predicted octanol–water partition coefficient (Wildman–Crippen LogP) is 2.95. The second-order valence-corrected chi connectivity index (χ2v) is 3.40. The molecule has 0 unspecified atom stereocenters. The molecule has 0 heterocycles. The van der Waals surface area contributed by atoms with E-state index in [-0.39, 0.29) is 0 Å². The fourth-order valence-corrected chi connectivity index (χ4v) is 1.28. The minimum Gasteiger partial charge on any atom is -0.385 e. The van der Waals surface area contributed by atoms with Gasteiger partial charge in [-0.2, -0.15) is 0 Å². The number of carbonyl (C=O) groups excluding carboxylic acids is 1. The van der Waals surface area contributed by atoms with Crippen molar-refractivity contribution in [2.75, 3.05) is 13.7 Å². The Balaban J connectivity index is 2.95. The second-order valence-electron chi connectivity index (χ2n) is 3.40. The Labute approximate surface area is 81.7 Å². The highest BCUT2D eigenvalue weighted by atomic mass is 16.5. The highest BCUT2D eigenvalue weighted by Crippen LogP contribution is 2.06. The van der Waals surface area contributed by atoms with Gasteiger partial charge in [0.25, 0.3) is 0 Å². The normalized spacial score (nSPS) is 10.3. The van der Waals surface area contributed by atoms with Gasteiger partial charge in [-0.25, -0.2) is 0 Å². The van der Waals surface area contributed by atoms with E-state index in [9.17, 15) is 4.79 Å². The van der Waals surface area contributed by atoms with Gasteiger partial charge in [-0.15, -0.1) is 0 Å². The first-order valence-electron chi connectivity index (χ1n) is 5.32. The first-order valence-corrected chi connectivity index (χ1v) is 5.32. The van der Waals surface area contributed by atoms with Crippen LogP contribution in [0.15, 0.2) is 0 Å². The minimum absolute atomic E-state index is 0.400. The lowest BCUT2D eigenvalue weighted by atomic mass is 10.1. The average molecular weight is 186 g/mol. The Morgan fingerprint density at radius 3 is 2.31 bits per heavy atom. The zero-order valence-electron chi connectivity index (χ0n) is 8.97. The fourth-order valence-electron chi connectivity index (χ4n) is 1.28. The van der Waals surface area contributed by atoms with Crippen LogP contribution in [0.1, 0.15) is 51.9 Å². The highest BCUT2D eigenvalue weighted by Gasteiger charge is 1.97. The van der Waals surface area contributed by atoms with Crippen LogP contribution >= 0.6 is 0 Å². The Morgan fingerprint density at radius 2 is 1.69 bits per heavy atom. The fraction of sp³-hybridized carbons (Fsp3) is 0.909. The SMILES string of the molecule is CCC(=O)CCCCCCCOC. The number of ether oxygens (including phenoxy) is 1. The Hall–Kier alpha value is -0.370. The van der Waals surface area contributed by atoms with E-state index in [0.717, 1.165) is 25.9 Å². The molecule has 0 aromatic carbocycles. The van der Waals surface area contributed by atoms with E-state index < -0.39 is 0 Å². The van der Waals surface area contributed by atoms with Gasteiger partial charge in [0.05, 0.1) is 0 Å². The summed E-state index contributed by atoms with van der Waals surface area (Å²) in [5.74, 6) is 0.400. The lowest BCUT2D eigenvalue weighted by molar-refractivity contribution is -0.118. The number of hydrogen-bond acceptors (Lipinski definition) is 2. The molecule has 0 aromatic heterocycles. The monoisotopic (exact) mass is 186 g/mol. The molecule has 2 nitrogen and oxygen atoms in total. The molecule has 0 aliphatic heterocycles. The lowest BCUT2D eigenvalue weighted by Gasteiger charge is -2.00. The zero-order chi connectivity index (χ0) is 9.94. The molecule has 2 heteroatoms. The van der Waals surface area contributed by atoms with Crippen LogP contribution < -0.4 is 0 Å². The second kappa shape index (κ2) is 9.72. The Morgan fingerprint density at radius 1 is 1.08 bits per heavy atom. The van der Waals surface area contributed by atoms with Crippen molar-refractivity contribution in [3.63, 3.8) is 0 Å². The third-order valence-corrected chi connectivity index (χ3v) is 2.20. The number of Topliss-reactive ketones (excluding diaryl/α,β-unsaturated/α-hetero) is 1. The summed E-state index contributed by atoms with van der Waals surface area (Å²) in [6.07, 6.45) is 7.35. The van der Waals surface area contributed by atoms with Crippen LogP contribution in [-0.4, -0.2) is 19.5 Å². The van der Waals surface area contributed by atoms with E-state index in [4.69, 9.17) is 4.74 Å². The van der Waals surface area contributed by atoms with E-state index in [1.54, 1.807) is 7.11 Å². The van der Waals surface area contributed by atoms with E-state index >= 15 is 0 Å². The van der Waals surface area contributed by atoms with Gasteiger partial charge in [0, 0.05) is 26.6 Å². The van der Waals surface area contributed by atoms with E-state index in [1.165, 1.54) is 19.3 Å². The number of carbonyl (C=O) groups is 1. The largest absolute Gasteiger partial charge is 0.385 e.